The molecule has 0 aromatic carbocycles. The van der Waals surface area contributed by atoms with E-state index in [9.17, 15) is 0 Å². The van der Waals surface area contributed by atoms with Crippen LogP contribution in [0.1, 0.15) is 41.5 Å². The van der Waals surface area contributed by atoms with E-state index < -0.39 is 8.97 Å². The van der Waals surface area contributed by atoms with E-state index in [-0.39, 0.29) is 18.3 Å². The second-order valence-corrected chi connectivity index (χ2v) is 7.39. The lowest BCUT2D eigenvalue weighted by atomic mass is 10.5. The Morgan fingerprint density at radius 2 is 1.06 bits per heavy atom. The fraction of sp³-hybridized carbons (Fsp3) is 0.692. The number of nitrogens with zero attached hydrogens (tertiary/aromatic N) is 1. The normalized spacial score (nSPS) is 12.9. The maximum atomic E-state index is 6.06. The molecule has 1 rings (SSSR count). The minimum absolute atomic E-state index is 0.0524. The van der Waals surface area contributed by atoms with Crippen LogP contribution in [0.3, 0.4) is 0 Å². The highest BCUT2D eigenvalue weighted by molar-refractivity contribution is 6.59. The Balaban J connectivity index is 3.07. The average Bonchev–Trinajstić information content (AvgIpc) is 2.65. The van der Waals surface area contributed by atoms with Gasteiger partial charge in [-0.15, -0.1) is 0 Å². The molecular formula is C13H25NO3Si. The summed E-state index contributed by atoms with van der Waals surface area (Å²) >= 11 is 0. The summed E-state index contributed by atoms with van der Waals surface area (Å²) in [4.78, 5) is 0. The van der Waals surface area contributed by atoms with E-state index in [1.807, 2.05) is 70.3 Å². The van der Waals surface area contributed by atoms with E-state index in [1.54, 1.807) is 0 Å². The van der Waals surface area contributed by atoms with Crippen molar-refractivity contribution in [1.82, 2.24) is 4.23 Å². The molecule has 1 aromatic heterocycles. The maximum Gasteiger partial charge on any atom is 0.638 e. The molecular weight excluding hydrogens is 246 g/mol. The minimum Gasteiger partial charge on any atom is -0.354 e. The van der Waals surface area contributed by atoms with Crippen LogP contribution < -0.4 is 0 Å². The van der Waals surface area contributed by atoms with Crippen LogP contribution >= 0.6 is 0 Å². The Morgan fingerprint density at radius 1 is 0.722 bits per heavy atom. The molecule has 18 heavy (non-hydrogen) atoms. The topological polar surface area (TPSA) is 32.6 Å². The molecule has 0 bridgehead atoms. The quantitative estimate of drug-likeness (QED) is 0.715. The molecule has 5 heteroatoms. The van der Waals surface area contributed by atoms with Crippen LogP contribution in [0.15, 0.2) is 24.5 Å². The highest BCUT2D eigenvalue weighted by Crippen LogP contribution is 2.20. The third kappa shape index (κ3) is 4.24. The van der Waals surface area contributed by atoms with E-state index in [0.717, 1.165) is 0 Å². The molecule has 0 fully saturated rings. The maximum absolute atomic E-state index is 6.06. The van der Waals surface area contributed by atoms with Crippen LogP contribution in [0.2, 0.25) is 0 Å². The molecule has 0 radical (unpaired) electrons. The van der Waals surface area contributed by atoms with Crippen LogP contribution in [0.5, 0.6) is 0 Å². The first-order chi connectivity index (χ1) is 8.35. The van der Waals surface area contributed by atoms with Gasteiger partial charge in [0.1, 0.15) is 0 Å². The third-order valence-corrected chi connectivity index (χ3v) is 5.31. The van der Waals surface area contributed by atoms with Gasteiger partial charge >= 0.3 is 8.97 Å². The number of hydrogen-bond acceptors (Lipinski definition) is 3. The molecule has 0 aliphatic heterocycles. The molecule has 0 spiro atoms. The van der Waals surface area contributed by atoms with Crippen molar-refractivity contribution in [3.63, 3.8) is 0 Å². The number of aromatic nitrogens is 1. The monoisotopic (exact) mass is 271 g/mol. The van der Waals surface area contributed by atoms with Crippen molar-refractivity contribution in [2.24, 2.45) is 0 Å². The summed E-state index contributed by atoms with van der Waals surface area (Å²) in [5.41, 5.74) is 0. The Morgan fingerprint density at radius 3 is 1.33 bits per heavy atom. The Bertz CT molecular complexity index is 309. The molecule has 0 unspecified atom stereocenters. The Kier molecular flexibility index (Phi) is 5.59. The van der Waals surface area contributed by atoms with Gasteiger partial charge in [-0.25, -0.2) is 0 Å². The van der Waals surface area contributed by atoms with Crippen LogP contribution in [-0.4, -0.2) is 31.5 Å². The van der Waals surface area contributed by atoms with Gasteiger partial charge in [0.25, 0.3) is 0 Å². The predicted octanol–water partition coefficient (Wildman–Crippen LogP) is 3.05. The van der Waals surface area contributed by atoms with Crippen LogP contribution in [0.4, 0.5) is 0 Å². The number of rotatable bonds is 7. The van der Waals surface area contributed by atoms with E-state index >= 15 is 0 Å². The number of hydrogen-bond donors (Lipinski definition) is 0. The van der Waals surface area contributed by atoms with Crippen molar-refractivity contribution >= 4 is 8.97 Å². The van der Waals surface area contributed by atoms with Crippen molar-refractivity contribution in [3.8, 4) is 0 Å². The molecule has 4 nitrogen and oxygen atoms in total. The van der Waals surface area contributed by atoms with Crippen molar-refractivity contribution < 1.29 is 13.3 Å². The minimum atomic E-state index is -2.89. The Labute approximate surface area is 111 Å². The van der Waals surface area contributed by atoms with Gasteiger partial charge < -0.3 is 17.5 Å². The molecule has 0 atom stereocenters. The van der Waals surface area contributed by atoms with E-state index in [0.29, 0.717) is 0 Å². The average molecular weight is 271 g/mol. The first-order valence-electron chi connectivity index (χ1n) is 6.52. The van der Waals surface area contributed by atoms with Crippen molar-refractivity contribution in [2.45, 2.75) is 59.9 Å². The SMILES string of the molecule is CC(C)O[Si](OC(C)C)(OC(C)C)n1cccc1. The standard InChI is InChI=1S/C13H25NO3Si/c1-11(2)15-18(16-12(3)4,17-13(5)6)14-9-7-8-10-14/h7-13H,1-6H3. The molecule has 0 N–H and O–H groups in total. The fourth-order valence-corrected chi connectivity index (χ4v) is 4.53. The van der Waals surface area contributed by atoms with Gasteiger partial charge in [0.05, 0.1) is 0 Å². The largest absolute Gasteiger partial charge is 0.638 e. The zero-order chi connectivity index (χ0) is 13.8. The molecule has 0 aliphatic rings. The summed E-state index contributed by atoms with van der Waals surface area (Å²) in [5.74, 6) is 0. The highest BCUT2D eigenvalue weighted by Gasteiger charge is 2.47. The summed E-state index contributed by atoms with van der Waals surface area (Å²) < 4.78 is 20.1. The second kappa shape index (κ2) is 6.52. The first-order valence-corrected chi connectivity index (χ1v) is 8.20. The smallest absolute Gasteiger partial charge is 0.354 e. The molecule has 0 saturated carbocycles. The molecule has 1 heterocycles. The summed E-state index contributed by atoms with van der Waals surface area (Å²) in [5, 5.41) is 0. The van der Waals surface area contributed by atoms with E-state index in [2.05, 4.69) is 0 Å². The predicted molar refractivity (Wildman–Crippen MR) is 74.2 cm³/mol. The molecule has 0 aliphatic carbocycles. The van der Waals surface area contributed by atoms with Gasteiger partial charge in [-0.2, -0.15) is 0 Å². The third-order valence-electron chi connectivity index (χ3n) is 2.07. The summed E-state index contributed by atoms with van der Waals surface area (Å²) in [7, 11) is -2.89. The van der Waals surface area contributed by atoms with Gasteiger partial charge in [-0.3, -0.25) is 0 Å². The van der Waals surface area contributed by atoms with Crippen molar-refractivity contribution in [3.05, 3.63) is 24.5 Å². The molecule has 0 amide bonds. The zero-order valence-corrected chi connectivity index (χ0v) is 13.2. The summed E-state index contributed by atoms with van der Waals surface area (Å²) in [6.45, 7) is 12.0. The van der Waals surface area contributed by atoms with E-state index in [4.69, 9.17) is 13.3 Å². The van der Waals surface area contributed by atoms with Gasteiger partial charge in [-0.05, 0) is 53.7 Å². The van der Waals surface area contributed by atoms with Crippen LogP contribution in [-0.2, 0) is 13.3 Å². The molecule has 0 saturated heterocycles. The van der Waals surface area contributed by atoms with E-state index in [1.165, 1.54) is 0 Å². The van der Waals surface area contributed by atoms with Crippen molar-refractivity contribution in [2.75, 3.05) is 0 Å². The van der Waals surface area contributed by atoms with Gasteiger partial charge in [0.15, 0.2) is 0 Å². The van der Waals surface area contributed by atoms with Crippen LogP contribution in [0.25, 0.3) is 0 Å². The van der Waals surface area contributed by atoms with Gasteiger partial charge in [0, 0.05) is 30.7 Å². The van der Waals surface area contributed by atoms with Gasteiger partial charge in [0.2, 0.25) is 0 Å². The molecule has 1 aromatic rings. The second-order valence-electron chi connectivity index (χ2n) is 5.11. The first kappa shape index (κ1) is 15.4. The highest BCUT2D eigenvalue weighted by atomic mass is 28.4. The lowest BCUT2D eigenvalue weighted by Crippen LogP contribution is -2.56. The summed E-state index contributed by atoms with van der Waals surface area (Å²) in [6.07, 6.45) is 4.04. The Hall–Kier alpha value is -0.623. The lowest BCUT2D eigenvalue weighted by molar-refractivity contribution is -0.00481. The van der Waals surface area contributed by atoms with Gasteiger partial charge in [-0.1, -0.05) is 0 Å². The summed E-state index contributed by atoms with van der Waals surface area (Å²) in [6, 6.07) is 3.91. The van der Waals surface area contributed by atoms with Crippen LogP contribution in [0, 0.1) is 0 Å². The molecule has 104 valence electrons. The lowest BCUT2D eigenvalue weighted by Gasteiger charge is -2.34. The fourth-order valence-electron chi connectivity index (χ4n) is 1.68. The van der Waals surface area contributed by atoms with Crippen molar-refractivity contribution in [1.29, 1.82) is 0 Å². The zero-order valence-electron chi connectivity index (χ0n) is 12.2.